The zero-order chi connectivity index (χ0) is 52.7. The summed E-state index contributed by atoms with van der Waals surface area (Å²) >= 11 is 0. The molecule has 1 amide bonds. The molecule has 2 saturated heterocycles. The second-order valence-corrected chi connectivity index (χ2v) is 21.3. The van der Waals surface area contributed by atoms with Crippen molar-refractivity contribution in [2.45, 2.75) is 180 Å². The van der Waals surface area contributed by atoms with Crippen LogP contribution in [0, 0.1) is 35.5 Å². The first kappa shape index (κ1) is 59.7. The lowest BCUT2D eigenvalue weighted by molar-refractivity contribution is -0.265. The predicted molar refractivity (Wildman–Crippen MR) is 268 cm³/mol. The number of Topliss-reactive ketones (excluding diaryl/α,β-unsaturated/α-hetero) is 3. The van der Waals surface area contributed by atoms with Gasteiger partial charge in [0.15, 0.2) is 18.0 Å². The number of rotatable bonds is 9. The molecule has 4 aliphatic rings. The number of piperidine rings is 1. The van der Waals surface area contributed by atoms with Gasteiger partial charge < -0.3 is 43.5 Å². The van der Waals surface area contributed by atoms with Gasteiger partial charge in [-0.3, -0.25) is 28.9 Å². The number of fused-ring (bicyclic) bond motifs is 3. The number of hydrogen-bond acceptors (Lipinski definition) is 15. The SMILES string of the molecule is COC1CC2CCC(C)[C@](O)(O2)C(=O)C(=O)N2CCCCC2C(=O)OC(C(C)CC2CCC(O)C(OC)C2)CC(=O)C(C)C=C(C)C(OC(=O)CN(C)C)C(OC)C(=O)C(C)CC(C)C=CC=CC=C1C. The molecule has 1 aliphatic carbocycles. The van der Waals surface area contributed by atoms with E-state index in [2.05, 4.69) is 0 Å². The number of cyclic esters (lactones) is 1. The minimum absolute atomic E-state index is 0.0246. The van der Waals surface area contributed by atoms with Crippen LogP contribution in [0.5, 0.6) is 0 Å². The van der Waals surface area contributed by atoms with Gasteiger partial charge in [-0.2, -0.15) is 0 Å². The zero-order valence-electron chi connectivity index (χ0n) is 44.6. The van der Waals surface area contributed by atoms with Crippen LogP contribution in [0.4, 0.5) is 0 Å². The average Bonchev–Trinajstić information content (AvgIpc) is 3.32. The number of carbonyl (C=O) groups is 6. The molecule has 14 unspecified atom stereocenters. The maximum atomic E-state index is 14.5. The third-order valence-corrected chi connectivity index (χ3v) is 15.2. The minimum Gasteiger partial charge on any atom is -0.460 e. The van der Waals surface area contributed by atoms with Gasteiger partial charge in [0.05, 0.1) is 31.0 Å². The molecule has 1 saturated carbocycles. The molecule has 0 aromatic rings. The van der Waals surface area contributed by atoms with Crippen LogP contribution >= 0.6 is 0 Å². The number of nitrogens with zero attached hydrogens (tertiary/aromatic N) is 2. The average molecular weight is 999 g/mol. The van der Waals surface area contributed by atoms with E-state index >= 15 is 0 Å². The fourth-order valence-corrected chi connectivity index (χ4v) is 10.7. The largest absolute Gasteiger partial charge is 0.460 e. The normalized spacial score (nSPS) is 35.6. The zero-order valence-corrected chi connectivity index (χ0v) is 44.6. The number of aliphatic hydroxyl groups is 2. The number of carbonyl (C=O) groups excluding carboxylic acids is 6. The number of allylic oxidation sites excluding steroid dienone is 6. The Hall–Kier alpha value is -3.90. The first-order valence-electron chi connectivity index (χ1n) is 25.9. The van der Waals surface area contributed by atoms with E-state index in [0.29, 0.717) is 69.8 Å². The molecule has 0 radical (unpaired) electrons. The second-order valence-electron chi connectivity index (χ2n) is 21.3. The van der Waals surface area contributed by atoms with E-state index in [1.165, 1.54) is 12.0 Å². The van der Waals surface area contributed by atoms with Crippen molar-refractivity contribution in [2.75, 3.05) is 48.5 Å². The molecule has 3 heterocycles. The topological polar surface area (TPSA) is 205 Å². The van der Waals surface area contributed by atoms with E-state index in [9.17, 15) is 39.0 Å². The molecule has 3 aliphatic heterocycles. The summed E-state index contributed by atoms with van der Waals surface area (Å²) in [7, 11) is 7.98. The lowest BCUT2D eigenvalue weighted by Crippen LogP contribution is -2.61. The van der Waals surface area contributed by atoms with Gasteiger partial charge in [-0.25, -0.2) is 4.79 Å². The van der Waals surface area contributed by atoms with Crippen LogP contribution in [-0.4, -0.2) is 158 Å². The fraction of sp³-hybridized carbons (Fsp3) is 0.745. The van der Waals surface area contributed by atoms with E-state index in [1.54, 1.807) is 60.1 Å². The Balaban J connectivity index is 1.77. The van der Waals surface area contributed by atoms with Crippen LogP contribution in [-0.2, 0) is 57.2 Å². The van der Waals surface area contributed by atoms with Gasteiger partial charge in [0.1, 0.15) is 17.9 Å². The first-order chi connectivity index (χ1) is 33.5. The monoisotopic (exact) mass is 999 g/mol. The summed E-state index contributed by atoms with van der Waals surface area (Å²) in [6.45, 7) is 12.7. The smallest absolute Gasteiger partial charge is 0.329 e. The van der Waals surface area contributed by atoms with Crippen LogP contribution in [0.2, 0.25) is 0 Å². The highest BCUT2D eigenvalue weighted by molar-refractivity contribution is 6.39. The van der Waals surface area contributed by atoms with Gasteiger partial charge in [-0.05, 0) is 121 Å². The summed E-state index contributed by atoms with van der Waals surface area (Å²) in [5, 5.41) is 22.6. The number of amides is 1. The highest BCUT2D eigenvalue weighted by atomic mass is 16.6. The molecular weight excluding hydrogens is 913 g/mol. The van der Waals surface area contributed by atoms with Gasteiger partial charge in [0.2, 0.25) is 5.79 Å². The summed E-state index contributed by atoms with van der Waals surface area (Å²) in [5.74, 6) is -8.85. The van der Waals surface area contributed by atoms with Crippen molar-refractivity contribution in [1.29, 1.82) is 0 Å². The van der Waals surface area contributed by atoms with Crippen molar-refractivity contribution in [3.05, 3.63) is 47.6 Å². The number of aliphatic hydroxyl groups excluding tert-OH is 1. The molecule has 0 aromatic carbocycles. The van der Waals surface area contributed by atoms with Crippen LogP contribution in [0.3, 0.4) is 0 Å². The molecule has 71 heavy (non-hydrogen) atoms. The molecule has 2 bridgehead atoms. The van der Waals surface area contributed by atoms with E-state index in [1.807, 2.05) is 58.1 Å². The Morgan fingerprint density at radius 1 is 0.873 bits per heavy atom. The van der Waals surface area contributed by atoms with Crippen LogP contribution < -0.4 is 0 Å². The second kappa shape index (κ2) is 28.0. The van der Waals surface area contributed by atoms with E-state index < -0.39 is 89.8 Å². The van der Waals surface area contributed by atoms with E-state index in [4.69, 9.17) is 28.4 Å². The number of hydrogen-bond donors (Lipinski definition) is 2. The predicted octanol–water partition coefficient (Wildman–Crippen LogP) is 6.29. The Morgan fingerprint density at radius 3 is 2.25 bits per heavy atom. The number of methoxy groups -OCH3 is 3. The summed E-state index contributed by atoms with van der Waals surface area (Å²) in [5.41, 5.74) is 1.30. The van der Waals surface area contributed by atoms with Crippen molar-refractivity contribution in [3.63, 3.8) is 0 Å². The summed E-state index contributed by atoms with van der Waals surface area (Å²) in [4.78, 5) is 87.9. The third-order valence-electron chi connectivity index (χ3n) is 15.2. The Morgan fingerprint density at radius 2 is 1.59 bits per heavy atom. The third kappa shape index (κ3) is 16.6. The molecule has 2 N–H and O–H groups in total. The van der Waals surface area contributed by atoms with Crippen molar-refractivity contribution in [3.8, 4) is 0 Å². The van der Waals surface area contributed by atoms with Crippen molar-refractivity contribution < 1.29 is 67.4 Å². The maximum absolute atomic E-state index is 14.5. The minimum atomic E-state index is -2.45. The highest BCUT2D eigenvalue weighted by Gasteiger charge is 2.53. The highest BCUT2D eigenvalue weighted by Crippen LogP contribution is 2.38. The fourth-order valence-electron chi connectivity index (χ4n) is 10.7. The Bertz CT molecular complexity index is 1950. The standard InChI is InChI=1S/C55H86N2O14/c1-33-18-14-13-15-19-34(2)45(66-10)30-41-23-21-39(7)55(65,71-41)52(62)53(63)57-25-17-16-20-42(57)54(64)69-46(36(4)28-40-22-24-43(58)47(29-40)67-11)31-44(59)35(3)27-38(6)50(70-48(60)32-56(8)9)51(68-12)49(61)37(5)26-33/h13-15,18-19,27,33,35-37,39-43,45-47,50-51,58,65H,16-17,20-26,28-32H2,1-12H3/t33?,35?,36?,37?,39?,40?,41?,42?,43?,45?,46?,47?,50?,51?,55-/m0/s1. The van der Waals surface area contributed by atoms with Gasteiger partial charge in [0, 0.05) is 58.5 Å². The van der Waals surface area contributed by atoms with Gasteiger partial charge in [-0.15, -0.1) is 0 Å². The maximum Gasteiger partial charge on any atom is 0.329 e. The molecule has 400 valence electrons. The van der Waals surface area contributed by atoms with Crippen molar-refractivity contribution in [2.24, 2.45) is 35.5 Å². The molecule has 4 rings (SSSR count). The van der Waals surface area contributed by atoms with E-state index in [0.717, 1.165) is 5.57 Å². The van der Waals surface area contributed by atoms with Crippen LogP contribution in [0.1, 0.15) is 126 Å². The lowest BCUT2D eigenvalue weighted by atomic mass is 9.78. The Labute approximate surface area is 422 Å². The molecule has 3 fully saturated rings. The van der Waals surface area contributed by atoms with Gasteiger partial charge >= 0.3 is 11.9 Å². The first-order valence-corrected chi connectivity index (χ1v) is 25.9. The van der Waals surface area contributed by atoms with Crippen molar-refractivity contribution in [1.82, 2.24) is 9.80 Å². The molecule has 0 spiro atoms. The molecule has 15 atom stereocenters. The Kier molecular flexibility index (Phi) is 23.5. The van der Waals surface area contributed by atoms with Gasteiger partial charge in [-0.1, -0.05) is 71.1 Å². The number of ether oxygens (including phenoxy) is 6. The molecular formula is C55H86N2O14. The number of likely N-dealkylation sites (N-methyl/N-ethyl adjacent to an activating group) is 1. The number of ketones is 3. The van der Waals surface area contributed by atoms with Crippen LogP contribution in [0.15, 0.2) is 47.6 Å². The molecule has 0 aromatic heterocycles. The van der Waals surface area contributed by atoms with Gasteiger partial charge in [0.25, 0.3) is 11.7 Å². The van der Waals surface area contributed by atoms with Crippen molar-refractivity contribution >= 4 is 35.2 Å². The lowest BCUT2D eigenvalue weighted by Gasteiger charge is -2.42. The number of esters is 2. The quantitative estimate of drug-likeness (QED) is 0.148. The molecule has 16 heteroatoms. The summed E-state index contributed by atoms with van der Waals surface area (Å²) < 4.78 is 35.8. The summed E-state index contributed by atoms with van der Waals surface area (Å²) in [6, 6.07) is -1.17. The molecule has 16 nitrogen and oxygen atoms in total. The van der Waals surface area contributed by atoms with Crippen LogP contribution in [0.25, 0.3) is 0 Å². The van der Waals surface area contributed by atoms with E-state index in [-0.39, 0.29) is 61.4 Å². The summed E-state index contributed by atoms with van der Waals surface area (Å²) in [6.07, 6.45) is 11.0.